The number of carbonyl (C=O) groups is 1. The first-order valence-corrected chi connectivity index (χ1v) is 10.1. The summed E-state index contributed by atoms with van der Waals surface area (Å²) in [5, 5.41) is 12.7. The zero-order chi connectivity index (χ0) is 19.2. The fourth-order valence-electron chi connectivity index (χ4n) is 3.00. The molecule has 0 aliphatic carbocycles. The number of halogens is 1. The second-order valence-corrected chi connectivity index (χ2v) is 7.80. The molecule has 1 amide bonds. The maximum atomic E-state index is 12.4. The van der Waals surface area contributed by atoms with Gasteiger partial charge in [-0.2, -0.15) is 0 Å². The van der Waals surface area contributed by atoms with E-state index in [0.29, 0.717) is 17.2 Å². The Kier molecular flexibility index (Phi) is 6.92. The molecule has 1 fully saturated rings. The number of amides is 1. The topological polar surface area (TPSA) is 76.4 Å². The molecular weight excluding hydrogens is 388 g/mol. The third-order valence-electron chi connectivity index (χ3n) is 4.49. The van der Waals surface area contributed by atoms with Crippen molar-refractivity contribution in [2.24, 2.45) is 7.05 Å². The van der Waals surface area contributed by atoms with Gasteiger partial charge in [-0.25, -0.2) is 4.68 Å². The molecule has 0 spiro atoms. The summed E-state index contributed by atoms with van der Waals surface area (Å²) in [5.41, 5.74) is 1.07. The van der Waals surface area contributed by atoms with Crippen molar-refractivity contribution in [1.29, 1.82) is 0 Å². The van der Waals surface area contributed by atoms with Gasteiger partial charge in [-0.1, -0.05) is 23.4 Å². The van der Waals surface area contributed by atoms with Gasteiger partial charge in [0, 0.05) is 62.5 Å². The highest BCUT2D eigenvalue weighted by Crippen LogP contribution is 2.24. The van der Waals surface area contributed by atoms with Gasteiger partial charge in [0.15, 0.2) is 0 Å². The SMILES string of the molecule is COc1ccc(Cl)cc1CN1CCN(C(=O)CCSc2nnnn2C)CC1. The molecule has 1 aromatic heterocycles. The van der Waals surface area contributed by atoms with E-state index >= 15 is 0 Å². The minimum atomic E-state index is 0.178. The van der Waals surface area contributed by atoms with E-state index in [-0.39, 0.29) is 5.91 Å². The summed E-state index contributed by atoms with van der Waals surface area (Å²) in [6, 6.07) is 5.66. The molecule has 10 heteroatoms. The predicted molar refractivity (Wildman–Crippen MR) is 104 cm³/mol. The van der Waals surface area contributed by atoms with Crippen LogP contribution in [0.2, 0.25) is 5.02 Å². The summed E-state index contributed by atoms with van der Waals surface area (Å²) < 4.78 is 7.03. The molecule has 0 unspecified atom stereocenters. The molecule has 0 bridgehead atoms. The Hall–Kier alpha value is -1.84. The largest absolute Gasteiger partial charge is 0.496 e. The third kappa shape index (κ3) is 5.33. The fourth-order valence-corrected chi connectivity index (χ4v) is 3.97. The maximum absolute atomic E-state index is 12.4. The van der Waals surface area contributed by atoms with Crippen LogP contribution in [0.4, 0.5) is 0 Å². The van der Waals surface area contributed by atoms with E-state index < -0.39 is 0 Å². The zero-order valence-electron chi connectivity index (χ0n) is 15.5. The lowest BCUT2D eigenvalue weighted by Gasteiger charge is -2.35. The van der Waals surface area contributed by atoms with Gasteiger partial charge >= 0.3 is 0 Å². The number of hydrogen-bond donors (Lipinski definition) is 0. The number of nitrogens with zero attached hydrogens (tertiary/aromatic N) is 6. The maximum Gasteiger partial charge on any atom is 0.223 e. The minimum absolute atomic E-state index is 0.178. The van der Waals surface area contributed by atoms with Crippen molar-refractivity contribution in [3.63, 3.8) is 0 Å². The van der Waals surface area contributed by atoms with Crippen LogP contribution in [0, 0.1) is 0 Å². The van der Waals surface area contributed by atoms with Gasteiger partial charge in [-0.15, -0.1) is 5.10 Å². The number of tetrazole rings is 1. The molecule has 3 rings (SSSR count). The number of aryl methyl sites for hydroxylation is 1. The van der Waals surface area contributed by atoms with Gasteiger partial charge in [-0.05, 0) is 28.6 Å². The molecule has 1 aromatic carbocycles. The Morgan fingerprint density at radius 2 is 2.07 bits per heavy atom. The Morgan fingerprint density at radius 3 is 2.74 bits per heavy atom. The summed E-state index contributed by atoms with van der Waals surface area (Å²) in [5.74, 6) is 1.69. The smallest absolute Gasteiger partial charge is 0.223 e. The summed E-state index contributed by atoms with van der Waals surface area (Å²) >= 11 is 7.61. The van der Waals surface area contributed by atoms with Crippen molar-refractivity contribution in [2.75, 3.05) is 39.0 Å². The average molecular weight is 411 g/mol. The predicted octanol–water partition coefficient (Wildman–Crippen LogP) is 1.70. The van der Waals surface area contributed by atoms with Gasteiger partial charge < -0.3 is 9.64 Å². The number of thioether (sulfide) groups is 1. The summed E-state index contributed by atoms with van der Waals surface area (Å²) in [7, 11) is 3.46. The van der Waals surface area contributed by atoms with Crippen molar-refractivity contribution in [3.8, 4) is 5.75 Å². The van der Waals surface area contributed by atoms with Crippen molar-refractivity contribution in [2.45, 2.75) is 18.1 Å². The molecule has 1 aliphatic heterocycles. The molecule has 0 saturated carbocycles. The average Bonchev–Trinajstić information content (AvgIpc) is 3.07. The summed E-state index contributed by atoms with van der Waals surface area (Å²) in [4.78, 5) is 16.7. The lowest BCUT2D eigenvalue weighted by atomic mass is 10.1. The van der Waals surface area contributed by atoms with Crippen molar-refractivity contribution < 1.29 is 9.53 Å². The first-order valence-electron chi connectivity index (χ1n) is 8.74. The third-order valence-corrected chi connectivity index (χ3v) is 5.74. The second-order valence-electron chi connectivity index (χ2n) is 6.30. The molecular formula is C17H23ClN6O2S. The first-order chi connectivity index (χ1) is 13.1. The second kappa shape index (κ2) is 9.38. The number of benzene rings is 1. The van der Waals surface area contributed by atoms with Crippen LogP contribution >= 0.6 is 23.4 Å². The van der Waals surface area contributed by atoms with Crippen LogP contribution < -0.4 is 4.74 Å². The molecule has 27 heavy (non-hydrogen) atoms. The quantitative estimate of drug-likeness (QED) is 0.643. The molecule has 0 N–H and O–H groups in total. The van der Waals surface area contributed by atoms with Gasteiger partial charge in [-0.3, -0.25) is 9.69 Å². The molecule has 8 nitrogen and oxygen atoms in total. The summed E-state index contributed by atoms with van der Waals surface area (Å²) in [6.07, 6.45) is 0.486. The zero-order valence-corrected chi connectivity index (χ0v) is 17.0. The van der Waals surface area contributed by atoms with E-state index in [9.17, 15) is 4.79 Å². The van der Waals surface area contributed by atoms with Gasteiger partial charge in [0.1, 0.15) is 5.75 Å². The number of hydrogen-bond acceptors (Lipinski definition) is 7. The van der Waals surface area contributed by atoms with Crippen LogP contribution in [-0.4, -0.2) is 75.0 Å². The highest BCUT2D eigenvalue weighted by Gasteiger charge is 2.22. The lowest BCUT2D eigenvalue weighted by Crippen LogP contribution is -2.48. The minimum Gasteiger partial charge on any atom is -0.496 e. The standard InChI is InChI=1S/C17H23ClN6O2S/c1-22-17(19-20-21-22)27-10-5-16(25)24-8-6-23(7-9-24)12-13-11-14(18)3-4-15(13)26-2/h3-4,11H,5-10,12H2,1-2H3. The molecule has 2 aromatic rings. The number of piperazine rings is 1. The van der Waals surface area contributed by atoms with Crippen LogP contribution in [0.3, 0.4) is 0 Å². The Labute approximate surface area is 167 Å². The molecule has 0 atom stereocenters. The number of rotatable bonds is 7. The van der Waals surface area contributed by atoms with E-state index in [0.717, 1.165) is 49.2 Å². The molecule has 1 saturated heterocycles. The van der Waals surface area contributed by atoms with Gasteiger partial charge in [0.2, 0.25) is 11.1 Å². The van der Waals surface area contributed by atoms with Crippen LogP contribution in [-0.2, 0) is 18.4 Å². The van der Waals surface area contributed by atoms with E-state index in [1.807, 2.05) is 23.1 Å². The van der Waals surface area contributed by atoms with E-state index in [4.69, 9.17) is 16.3 Å². The number of ether oxygens (including phenoxy) is 1. The molecule has 0 radical (unpaired) electrons. The number of aromatic nitrogens is 4. The van der Waals surface area contributed by atoms with E-state index in [2.05, 4.69) is 20.4 Å². The fraction of sp³-hybridized carbons (Fsp3) is 0.529. The Bertz CT molecular complexity index is 779. The number of carbonyl (C=O) groups excluding carboxylic acids is 1. The van der Waals surface area contributed by atoms with Crippen LogP contribution in [0.1, 0.15) is 12.0 Å². The Morgan fingerprint density at radius 1 is 1.30 bits per heavy atom. The first kappa shape index (κ1) is 19.9. The number of methoxy groups -OCH3 is 1. The van der Waals surface area contributed by atoms with Crippen LogP contribution in [0.25, 0.3) is 0 Å². The highest BCUT2D eigenvalue weighted by molar-refractivity contribution is 7.99. The molecule has 146 valence electrons. The molecule has 2 heterocycles. The van der Waals surface area contributed by atoms with Crippen LogP contribution in [0.5, 0.6) is 5.75 Å². The van der Waals surface area contributed by atoms with E-state index in [1.54, 1.807) is 18.8 Å². The summed E-state index contributed by atoms with van der Waals surface area (Å²) in [6.45, 7) is 3.90. The highest BCUT2D eigenvalue weighted by atomic mass is 35.5. The normalized spacial score (nSPS) is 15.1. The molecule has 1 aliphatic rings. The van der Waals surface area contributed by atoms with Gasteiger partial charge in [0.25, 0.3) is 0 Å². The van der Waals surface area contributed by atoms with Crippen LogP contribution in [0.15, 0.2) is 23.4 Å². The monoisotopic (exact) mass is 410 g/mol. The van der Waals surface area contributed by atoms with E-state index in [1.165, 1.54) is 11.8 Å². The van der Waals surface area contributed by atoms with Crippen molar-refractivity contribution in [1.82, 2.24) is 30.0 Å². The Balaban J connectivity index is 1.44. The lowest BCUT2D eigenvalue weighted by molar-refractivity contribution is -0.132. The van der Waals surface area contributed by atoms with Crippen molar-refractivity contribution in [3.05, 3.63) is 28.8 Å². The van der Waals surface area contributed by atoms with Gasteiger partial charge in [0.05, 0.1) is 7.11 Å². The van der Waals surface area contributed by atoms with Crippen molar-refractivity contribution >= 4 is 29.3 Å².